The van der Waals surface area contributed by atoms with Gasteiger partial charge >= 0.3 is 0 Å². The lowest BCUT2D eigenvalue weighted by atomic mass is 9.93. The highest BCUT2D eigenvalue weighted by atomic mass is 16.3. The summed E-state index contributed by atoms with van der Waals surface area (Å²) in [5.74, 6) is 1.27. The van der Waals surface area contributed by atoms with Crippen molar-refractivity contribution in [1.29, 1.82) is 0 Å². The Bertz CT molecular complexity index is 256. The predicted molar refractivity (Wildman–Crippen MR) is 46.9 cm³/mol. The van der Waals surface area contributed by atoms with Crippen LogP contribution in [0.15, 0.2) is 5.57 Å². The van der Waals surface area contributed by atoms with Gasteiger partial charge in [0.15, 0.2) is 5.78 Å². The van der Waals surface area contributed by atoms with Crippen molar-refractivity contribution in [3.8, 4) is 0 Å². The third kappa shape index (κ3) is 2.25. The largest absolute Gasteiger partial charge is 0.391 e. The summed E-state index contributed by atoms with van der Waals surface area (Å²) < 4.78 is 0. The fraction of sp³-hybridized carbons (Fsp3) is 0.667. The second kappa shape index (κ2) is 4.33. The summed E-state index contributed by atoms with van der Waals surface area (Å²) >= 11 is 0. The van der Waals surface area contributed by atoms with Crippen molar-refractivity contribution >= 4 is 11.7 Å². The van der Waals surface area contributed by atoms with Crippen LogP contribution in [-0.2, 0) is 9.59 Å². The zero-order valence-electron chi connectivity index (χ0n) is 7.54. The first-order chi connectivity index (χ1) is 6.16. The van der Waals surface area contributed by atoms with Crippen molar-refractivity contribution in [2.45, 2.75) is 31.9 Å². The Hall–Kier alpha value is -0.960. The Kier molecular flexibility index (Phi) is 3.37. The van der Waals surface area contributed by atoms with Gasteiger partial charge in [0, 0.05) is 0 Å². The lowest BCUT2D eigenvalue weighted by Gasteiger charge is -2.28. The number of ketones is 1. The standard InChI is InChI=1S/C9H13NO3/c1-6(12)7(5-11)9-8(13)3-2-4-10-9/h8-10,13H,2-4H2,1H3. The van der Waals surface area contributed by atoms with Gasteiger partial charge in [-0.05, 0) is 26.3 Å². The van der Waals surface area contributed by atoms with Crippen LogP contribution < -0.4 is 5.32 Å². The Balaban J connectivity index is 2.78. The summed E-state index contributed by atoms with van der Waals surface area (Å²) in [6, 6.07) is -0.524. The maximum absolute atomic E-state index is 11.0. The molecule has 0 spiro atoms. The first-order valence-corrected chi connectivity index (χ1v) is 4.34. The summed E-state index contributed by atoms with van der Waals surface area (Å²) in [4.78, 5) is 21.4. The van der Waals surface area contributed by atoms with E-state index in [4.69, 9.17) is 0 Å². The normalized spacial score (nSPS) is 27.8. The van der Waals surface area contributed by atoms with Gasteiger partial charge in [-0.3, -0.25) is 4.79 Å². The summed E-state index contributed by atoms with van der Waals surface area (Å²) in [6.45, 7) is 2.03. The maximum Gasteiger partial charge on any atom is 0.168 e. The van der Waals surface area contributed by atoms with Gasteiger partial charge in [-0.15, -0.1) is 0 Å². The quantitative estimate of drug-likeness (QED) is 0.445. The average molecular weight is 183 g/mol. The molecule has 1 fully saturated rings. The molecule has 1 saturated heterocycles. The van der Waals surface area contributed by atoms with Crippen molar-refractivity contribution in [2.75, 3.05) is 6.54 Å². The number of aliphatic hydroxyl groups is 1. The minimum atomic E-state index is -0.644. The van der Waals surface area contributed by atoms with Gasteiger partial charge in [0.2, 0.25) is 0 Å². The first-order valence-electron chi connectivity index (χ1n) is 4.34. The van der Waals surface area contributed by atoms with Crippen LogP contribution in [0, 0.1) is 0 Å². The summed E-state index contributed by atoms with van der Waals surface area (Å²) in [5.41, 5.74) is 0.0206. The van der Waals surface area contributed by atoms with Crippen LogP contribution in [0.25, 0.3) is 0 Å². The first kappa shape index (κ1) is 10.1. The third-order valence-corrected chi connectivity index (χ3v) is 2.23. The molecule has 0 saturated carbocycles. The average Bonchev–Trinajstić information content (AvgIpc) is 2.09. The van der Waals surface area contributed by atoms with Crippen LogP contribution in [-0.4, -0.2) is 35.5 Å². The number of nitrogens with one attached hydrogen (secondary N) is 1. The molecule has 0 aromatic carbocycles. The van der Waals surface area contributed by atoms with Crippen LogP contribution in [0.3, 0.4) is 0 Å². The molecule has 0 radical (unpaired) electrons. The molecule has 72 valence electrons. The molecule has 1 heterocycles. The van der Waals surface area contributed by atoms with Crippen molar-refractivity contribution in [3.63, 3.8) is 0 Å². The third-order valence-electron chi connectivity index (χ3n) is 2.23. The summed E-state index contributed by atoms with van der Waals surface area (Å²) in [7, 11) is 0. The lowest BCUT2D eigenvalue weighted by Crippen LogP contribution is -2.47. The van der Waals surface area contributed by atoms with Crippen LogP contribution >= 0.6 is 0 Å². The Labute approximate surface area is 76.6 Å². The fourth-order valence-electron chi connectivity index (χ4n) is 1.52. The van der Waals surface area contributed by atoms with Gasteiger partial charge in [0.25, 0.3) is 0 Å². The minimum Gasteiger partial charge on any atom is -0.391 e. The number of hydrogen-bond acceptors (Lipinski definition) is 4. The van der Waals surface area contributed by atoms with E-state index in [0.717, 1.165) is 13.0 Å². The molecule has 4 heteroatoms. The van der Waals surface area contributed by atoms with E-state index in [9.17, 15) is 14.7 Å². The van der Waals surface area contributed by atoms with E-state index < -0.39 is 12.1 Å². The number of hydrogen-bond donors (Lipinski definition) is 2. The molecule has 1 rings (SSSR count). The van der Waals surface area contributed by atoms with Gasteiger partial charge in [-0.1, -0.05) is 0 Å². The van der Waals surface area contributed by atoms with E-state index in [-0.39, 0.29) is 11.4 Å². The minimum absolute atomic E-state index is 0.0206. The van der Waals surface area contributed by atoms with Crippen LogP contribution in [0.2, 0.25) is 0 Å². The van der Waals surface area contributed by atoms with E-state index in [1.807, 2.05) is 0 Å². The van der Waals surface area contributed by atoms with Gasteiger partial charge in [0.05, 0.1) is 17.7 Å². The van der Waals surface area contributed by atoms with Crippen LogP contribution in [0.4, 0.5) is 0 Å². The smallest absolute Gasteiger partial charge is 0.168 e. The number of Topliss-reactive ketones (excluding diaryl/α,β-unsaturated/α-hetero) is 1. The van der Waals surface area contributed by atoms with Crippen molar-refractivity contribution in [3.05, 3.63) is 5.57 Å². The topological polar surface area (TPSA) is 66.4 Å². The molecule has 0 bridgehead atoms. The van der Waals surface area contributed by atoms with E-state index in [2.05, 4.69) is 5.32 Å². The molecule has 13 heavy (non-hydrogen) atoms. The van der Waals surface area contributed by atoms with Crippen molar-refractivity contribution in [2.24, 2.45) is 0 Å². The van der Waals surface area contributed by atoms with Crippen LogP contribution in [0.1, 0.15) is 19.8 Å². The van der Waals surface area contributed by atoms with Gasteiger partial charge in [-0.2, -0.15) is 0 Å². The molecule has 0 aliphatic carbocycles. The zero-order valence-corrected chi connectivity index (χ0v) is 7.54. The molecule has 4 nitrogen and oxygen atoms in total. The molecule has 2 unspecified atom stereocenters. The number of carbonyl (C=O) groups is 1. The molecule has 2 N–H and O–H groups in total. The number of aliphatic hydroxyl groups excluding tert-OH is 1. The SMILES string of the molecule is CC(=O)C(=C=O)C1NCCCC1O. The molecule has 1 aliphatic rings. The Morgan fingerprint density at radius 1 is 1.62 bits per heavy atom. The number of piperidine rings is 1. The molecule has 0 aromatic rings. The molecule has 0 amide bonds. The molecule has 2 atom stereocenters. The highest BCUT2D eigenvalue weighted by molar-refractivity contribution is 6.01. The maximum atomic E-state index is 11.0. The highest BCUT2D eigenvalue weighted by Crippen LogP contribution is 2.14. The molecular formula is C9H13NO3. The molecule has 0 aromatic heterocycles. The van der Waals surface area contributed by atoms with E-state index >= 15 is 0 Å². The van der Waals surface area contributed by atoms with E-state index in [1.54, 1.807) is 5.94 Å². The fourth-order valence-corrected chi connectivity index (χ4v) is 1.52. The number of rotatable bonds is 2. The molecule has 1 aliphatic heterocycles. The second-order valence-electron chi connectivity index (χ2n) is 3.21. The zero-order chi connectivity index (χ0) is 9.84. The van der Waals surface area contributed by atoms with E-state index in [0.29, 0.717) is 6.42 Å². The molecular weight excluding hydrogens is 170 g/mol. The van der Waals surface area contributed by atoms with Gasteiger partial charge < -0.3 is 10.4 Å². The number of carbonyl (C=O) groups excluding carboxylic acids is 2. The van der Waals surface area contributed by atoms with Gasteiger partial charge in [-0.25, -0.2) is 4.79 Å². The lowest BCUT2D eigenvalue weighted by molar-refractivity contribution is -0.114. The highest BCUT2D eigenvalue weighted by Gasteiger charge is 2.28. The second-order valence-corrected chi connectivity index (χ2v) is 3.21. The predicted octanol–water partition coefficient (Wildman–Crippen LogP) is -0.554. The van der Waals surface area contributed by atoms with E-state index in [1.165, 1.54) is 6.92 Å². The Morgan fingerprint density at radius 3 is 2.77 bits per heavy atom. The van der Waals surface area contributed by atoms with Gasteiger partial charge in [0.1, 0.15) is 5.94 Å². The van der Waals surface area contributed by atoms with Crippen molar-refractivity contribution < 1.29 is 14.7 Å². The van der Waals surface area contributed by atoms with Crippen LogP contribution in [0.5, 0.6) is 0 Å². The summed E-state index contributed by atoms with van der Waals surface area (Å²) in [5, 5.41) is 12.4. The summed E-state index contributed by atoms with van der Waals surface area (Å²) in [6.07, 6.45) is 0.840. The van der Waals surface area contributed by atoms with Crippen molar-refractivity contribution in [1.82, 2.24) is 5.32 Å². The Morgan fingerprint density at radius 2 is 2.31 bits per heavy atom. The monoisotopic (exact) mass is 183 g/mol.